The van der Waals surface area contributed by atoms with E-state index in [0.29, 0.717) is 23.5 Å². The van der Waals surface area contributed by atoms with Crippen molar-refractivity contribution in [3.05, 3.63) is 39.8 Å². The molecule has 0 bridgehead atoms. The SMILES string of the molecule is CCCCn1c(SCC(=O)Nc2c(C(C)C)cccc2C(C)C)n[nH]c1=O. The molecule has 148 valence electrons. The number of nitrogens with zero attached hydrogens (tertiary/aromatic N) is 2. The van der Waals surface area contributed by atoms with Crippen molar-refractivity contribution in [1.29, 1.82) is 0 Å². The van der Waals surface area contributed by atoms with Gasteiger partial charge in [0, 0.05) is 12.2 Å². The Hall–Kier alpha value is -2.02. The number of nitrogens with one attached hydrogen (secondary N) is 2. The summed E-state index contributed by atoms with van der Waals surface area (Å²) >= 11 is 1.28. The predicted molar refractivity (Wildman–Crippen MR) is 112 cm³/mol. The van der Waals surface area contributed by atoms with E-state index in [2.05, 4.69) is 62.3 Å². The van der Waals surface area contributed by atoms with Crippen molar-refractivity contribution in [1.82, 2.24) is 14.8 Å². The van der Waals surface area contributed by atoms with Crippen LogP contribution < -0.4 is 11.0 Å². The number of para-hydroxylation sites is 1. The number of amides is 1. The van der Waals surface area contributed by atoms with E-state index in [1.807, 2.05) is 6.07 Å². The zero-order chi connectivity index (χ0) is 20.0. The molecule has 27 heavy (non-hydrogen) atoms. The van der Waals surface area contributed by atoms with Gasteiger partial charge >= 0.3 is 5.69 Å². The molecule has 2 aromatic rings. The highest BCUT2D eigenvalue weighted by Gasteiger charge is 2.17. The number of benzene rings is 1. The lowest BCUT2D eigenvalue weighted by molar-refractivity contribution is -0.113. The summed E-state index contributed by atoms with van der Waals surface area (Å²) in [5.74, 6) is 0.752. The lowest BCUT2D eigenvalue weighted by atomic mass is 9.92. The molecule has 0 radical (unpaired) electrons. The van der Waals surface area contributed by atoms with Gasteiger partial charge in [0.1, 0.15) is 0 Å². The van der Waals surface area contributed by atoms with E-state index in [9.17, 15) is 9.59 Å². The summed E-state index contributed by atoms with van der Waals surface area (Å²) in [6.07, 6.45) is 1.89. The van der Waals surface area contributed by atoms with Crippen LogP contribution in [0.2, 0.25) is 0 Å². The lowest BCUT2D eigenvalue weighted by Gasteiger charge is -2.20. The number of hydrogen-bond donors (Lipinski definition) is 2. The van der Waals surface area contributed by atoms with Gasteiger partial charge in [0.05, 0.1) is 5.75 Å². The summed E-state index contributed by atoms with van der Waals surface area (Å²) < 4.78 is 1.60. The average molecular weight is 391 g/mol. The average Bonchev–Trinajstić information content (AvgIpc) is 2.97. The molecule has 0 aliphatic rings. The third-order valence-corrected chi connectivity index (χ3v) is 5.40. The Kier molecular flexibility index (Phi) is 7.71. The second-order valence-corrected chi connectivity index (χ2v) is 8.22. The minimum Gasteiger partial charge on any atom is -0.325 e. The predicted octanol–water partition coefficient (Wildman–Crippen LogP) is 4.35. The van der Waals surface area contributed by atoms with Crippen LogP contribution in [-0.2, 0) is 11.3 Å². The van der Waals surface area contributed by atoms with E-state index in [4.69, 9.17) is 0 Å². The Labute approximate surface area is 165 Å². The molecule has 6 nitrogen and oxygen atoms in total. The van der Waals surface area contributed by atoms with Crippen LogP contribution in [0.5, 0.6) is 0 Å². The number of rotatable bonds is 9. The second-order valence-electron chi connectivity index (χ2n) is 7.27. The Bertz CT molecular complexity index is 797. The standard InChI is InChI=1S/C20H30N4O2S/c1-6-7-11-24-19(26)22-23-20(24)27-12-17(25)21-18-15(13(2)3)9-8-10-16(18)14(4)5/h8-10,13-14H,6-7,11-12H2,1-5H3,(H,21,25)(H,22,26). The van der Waals surface area contributed by atoms with E-state index in [1.54, 1.807) is 4.57 Å². The fraction of sp³-hybridized carbons (Fsp3) is 0.550. The van der Waals surface area contributed by atoms with E-state index < -0.39 is 0 Å². The van der Waals surface area contributed by atoms with E-state index in [1.165, 1.54) is 11.8 Å². The molecule has 0 atom stereocenters. The molecular weight excluding hydrogens is 360 g/mol. The van der Waals surface area contributed by atoms with Gasteiger partial charge < -0.3 is 5.32 Å². The first kappa shape index (κ1) is 21.3. The number of anilines is 1. The highest BCUT2D eigenvalue weighted by Crippen LogP contribution is 2.32. The second kappa shape index (κ2) is 9.78. The topological polar surface area (TPSA) is 79.8 Å². The van der Waals surface area contributed by atoms with Crippen LogP contribution in [0.25, 0.3) is 0 Å². The van der Waals surface area contributed by atoms with Gasteiger partial charge in [-0.05, 0) is 29.4 Å². The molecule has 0 aliphatic heterocycles. The zero-order valence-electron chi connectivity index (χ0n) is 16.8. The fourth-order valence-corrected chi connectivity index (χ4v) is 3.70. The zero-order valence-corrected chi connectivity index (χ0v) is 17.7. The number of carbonyl (C=O) groups is 1. The van der Waals surface area contributed by atoms with Crippen molar-refractivity contribution in [3.63, 3.8) is 0 Å². The minimum atomic E-state index is -0.224. The molecule has 1 aromatic carbocycles. The third-order valence-electron chi connectivity index (χ3n) is 4.43. The van der Waals surface area contributed by atoms with Crippen LogP contribution in [0.15, 0.2) is 28.2 Å². The highest BCUT2D eigenvalue weighted by atomic mass is 32.2. The number of aromatic amines is 1. The molecule has 1 aromatic heterocycles. The van der Waals surface area contributed by atoms with Crippen LogP contribution in [0.1, 0.15) is 70.4 Å². The third kappa shape index (κ3) is 5.48. The van der Waals surface area contributed by atoms with Crippen molar-refractivity contribution >= 4 is 23.4 Å². The monoisotopic (exact) mass is 390 g/mol. The van der Waals surface area contributed by atoms with E-state index in [-0.39, 0.29) is 17.3 Å². The number of carbonyl (C=O) groups excluding carboxylic acids is 1. The van der Waals surface area contributed by atoms with Crippen LogP contribution in [-0.4, -0.2) is 26.4 Å². The van der Waals surface area contributed by atoms with Gasteiger partial charge in [0.2, 0.25) is 5.91 Å². The van der Waals surface area contributed by atoms with Crippen LogP contribution >= 0.6 is 11.8 Å². The summed E-state index contributed by atoms with van der Waals surface area (Å²) in [7, 11) is 0. The molecule has 0 saturated carbocycles. The Morgan fingerprint density at radius 2 is 1.85 bits per heavy atom. The quantitative estimate of drug-likeness (QED) is 0.624. The molecule has 1 amide bonds. The Morgan fingerprint density at radius 3 is 2.41 bits per heavy atom. The van der Waals surface area contributed by atoms with Gasteiger partial charge in [-0.2, -0.15) is 0 Å². The normalized spacial score (nSPS) is 11.4. The first-order chi connectivity index (χ1) is 12.8. The fourth-order valence-electron chi connectivity index (χ4n) is 2.93. The smallest absolute Gasteiger partial charge is 0.325 e. The van der Waals surface area contributed by atoms with Crippen molar-refractivity contribution < 1.29 is 4.79 Å². The first-order valence-electron chi connectivity index (χ1n) is 9.55. The highest BCUT2D eigenvalue weighted by molar-refractivity contribution is 7.99. The molecule has 7 heteroatoms. The van der Waals surface area contributed by atoms with Crippen LogP contribution in [0, 0.1) is 0 Å². The number of H-pyrrole nitrogens is 1. The van der Waals surface area contributed by atoms with Gasteiger partial charge in [-0.1, -0.05) is 71.0 Å². The molecular formula is C20H30N4O2S. The summed E-state index contributed by atoms with van der Waals surface area (Å²) in [6, 6.07) is 6.18. The maximum atomic E-state index is 12.6. The van der Waals surface area contributed by atoms with E-state index >= 15 is 0 Å². The van der Waals surface area contributed by atoms with Crippen LogP contribution in [0.4, 0.5) is 5.69 Å². The maximum absolute atomic E-state index is 12.6. The minimum absolute atomic E-state index is 0.0903. The summed E-state index contributed by atoms with van der Waals surface area (Å²) in [6.45, 7) is 11.2. The maximum Gasteiger partial charge on any atom is 0.343 e. The van der Waals surface area contributed by atoms with Gasteiger partial charge in [-0.3, -0.25) is 9.36 Å². The number of aromatic nitrogens is 3. The molecule has 0 spiro atoms. The molecule has 0 fully saturated rings. The molecule has 0 unspecified atom stereocenters. The van der Waals surface area contributed by atoms with Crippen molar-refractivity contribution in [3.8, 4) is 0 Å². The van der Waals surface area contributed by atoms with Crippen LogP contribution in [0.3, 0.4) is 0 Å². The number of unbranched alkanes of at least 4 members (excludes halogenated alkanes) is 1. The van der Waals surface area contributed by atoms with Gasteiger partial charge in [-0.25, -0.2) is 9.89 Å². The van der Waals surface area contributed by atoms with Gasteiger partial charge in [-0.15, -0.1) is 5.10 Å². The molecule has 2 N–H and O–H groups in total. The summed E-state index contributed by atoms with van der Waals surface area (Å²) in [5.41, 5.74) is 2.97. The van der Waals surface area contributed by atoms with Gasteiger partial charge in [0.15, 0.2) is 5.16 Å². The number of thioether (sulfide) groups is 1. The molecule has 2 rings (SSSR count). The van der Waals surface area contributed by atoms with E-state index in [0.717, 1.165) is 29.7 Å². The summed E-state index contributed by atoms with van der Waals surface area (Å²) in [4.78, 5) is 24.5. The largest absolute Gasteiger partial charge is 0.343 e. The van der Waals surface area contributed by atoms with Crippen molar-refractivity contribution in [2.24, 2.45) is 0 Å². The van der Waals surface area contributed by atoms with Crippen molar-refractivity contribution in [2.75, 3.05) is 11.1 Å². The van der Waals surface area contributed by atoms with Gasteiger partial charge in [0.25, 0.3) is 0 Å². The lowest BCUT2D eigenvalue weighted by Crippen LogP contribution is -2.20. The molecule has 0 aliphatic carbocycles. The first-order valence-corrected chi connectivity index (χ1v) is 10.5. The Balaban J connectivity index is 2.12. The molecule has 0 saturated heterocycles. The van der Waals surface area contributed by atoms with Crippen molar-refractivity contribution in [2.45, 2.75) is 71.0 Å². The number of hydrogen-bond acceptors (Lipinski definition) is 4. The Morgan fingerprint density at radius 1 is 1.22 bits per heavy atom. The summed E-state index contributed by atoms with van der Waals surface area (Å²) in [5, 5.41) is 10.2. The molecule has 1 heterocycles.